The molecular weight excluding hydrogens is 180 g/mol. The molecule has 4 nitrogen and oxygen atoms in total. The summed E-state index contributed by atoms with van der Waals surface area (Å²) >= 11 is 0. The van der Waals surface area contributed by atoms with Crippen molar-refractivity contribution in [3.63, 3.8) is 0 Å². The number of rotatable bonds is 4. The van der Waals surface area contributed by atoms with E-state index >= 15 is 0 Å². The zero-order chi connectivity index (χ0) is 11.4. The maximum Gasteiger partial charge on any atom is 0.320 e. The minimum atomic E-state index is -0.500. The Morgan fingerprint density at radius 1 is 1.29 bits per heavy atom. The Morgan fingerprint density at radius 3 is 2.00 bits per heavy atom. The molecule has 0 unspecified atom stereocenters. The first kappa shape index (κ1) is 13.2. The van der Waals surface area contributed by atoms with Crippen LogP contribution in [0.15, 0.2) is 0 Å². The summed E-state index contributed by atoms with van der Waals surface area (Å²) < 4.78 is 0. The number of aliphatic hydroxyl groups is 1. The summed E-state index contributed by atoms with van der Waals surface area (Å²) in [6.07, 6.45) is 0. The van der Waals surface area contributed by atoms with Crippen LogP contribution >= 0.6 is 0 Å². The van der Waals surface area contributed by atoms with Crippen molar-refractivity contribution >= 4 is 6.03 Å². The minimum absolute atomic E-state index is 0.0312. The number of hydrogen-bond donors (Lipinski definition) is 1. The molecule has 0 aromatic rings. The van der Waals surface area contributed by atoms with Crippen LogP contribution < -0.4 is 0 Å². The zero-order valence-electron chi connectivity index (χ0n) is 9.87. The Morgan fingerprint density at radius 2 is 1.71 bits per heavy atom. The highest BCUT2D eigenvalue weighted by Crippen LogP contribution is 2.13. The quantitative estimate of drug-likeness (QED) is 0.743. The lowest BCUT2D eigenvalue weighted by Gasteiger charge is -2.37. The second-order valence-electron chi connectivity index (χ2n) is 3.98. The summed E-state index contributed by atoms with van der Waals surface area (Å²) in [7, 11) is 1.72. The summed E-state index contributed by atoms with van der Waals surface area (Å²) in [5.41, 5.74) is -0.500. The van der Waals surface area contributed by atoms with E-state index in [0.29, 0.717) is 13.1 Å². The average molecular weight is 202 g/mol. The third-order valence-corrected chi connectivity index (χ3v) is 2.62. The van der Waals surface area contributed by atoms with E-state index in [0.717, 1.165) is 0 Å². The summed E-state index contributed by atoms with van der Waals surface area (Å²) in [6.45, 7) is 8.93. The Labute approximate surface area is 86.5 Å². The maximum absolute atomic E-state index is 11.9. The van der Waals surface area contributed by atoms with Crippen molar-refractivity contribution in [2.24, 2.45) is 0 Å². The molecule has 0 spiro atoms. The Hall–Kier alpha value is -0.770. The van der Waals surface area contributed by atoms with E-state index in [2.05, 4.69) is 0 Å². The molecule has 0 atom stereocenters. The van der Waals surface area contributed by atoms with E-state index in [4.69, 9.17) is 5.11 Å². The standard InChI is InChI=1S/C10H22N2O2/c1-6-12(7-2)9(14)11(5)10(3,4)8-13/h13H,6-8H2,1-5H3. The van der Waals surface area contributed by atoms with Crippen LogP contribution in [0.25, 0.3) is 0 Å². The van der Waals surface area contributed by atoms with Crippen molar-refractivity contribution in [2.45, 2.75) is 33.2 Å². The van der Waals surface area contributed by atoms with Gasteiger partial charge in [-0.3, -0.25) is 0 Å². The zero-order valence-corrected chi connectivity index (χ0v) is 9.87. The van der Waals surface area contributed by atoms with Crippen molar-refractivity contribution in [1.29, 1.82) is 0 Å². The normalized spacial score (nSPS) is 11.3. The van der Waals surface area contributed by atoms with Gasteiger partial charge < -0.3 is 14.9 Å². The predicted octanol–water partition coefficient (Wildman–Crippen LogP) is 1.15. The molecule has 0 rings (SSSR count). The predicted molar refractivity (Wildman–Crippen MR) is 57.2 cm³/mol. The van der Waals surface area contributed by atoms with Gasteiger partial charge in [0, 0.05) is 20.1 Å². The highest BCUT2D eigenvalue weighted by Gasteiger charge is 2.28. The van der Waals surface area contributed by atoms with Crippen LogP contribution in [0, 0.1) is 0 Å². The molecule has 0 aliphatic heterocycles. The number of aliphatic hydroxyl groups excluding tert-OH is 1. The second kappa shape index (κ2) is 5.20. The highest BCUT2D eigenvalue weighted by atomic mass is 16.3. The summed E-state index contributed by atoms with van der Waals surface area (Å²) in [6, 6.07) is -0.0333. The molecule has 0 aliphatic rings. The largest absolute Gasteiger partial charge is 0.394 e. The van der Waals surface area contributed by atoms with Crippen molar-refractivity contribution in [2.75, 3.05) is 26.7 Å². The van der Waals surface area contributed by atoms with E-state index in [1.807, 2.05) is 27.7 Å². The number of carbonyl (C=O) groups is 1. The molecule has 0 radical (unpaired) electrons. The van der Waals surface area contributed by atoms with Gasteiger partial charge in [-0.15, -0.1) is 0 Å². The van der Waals surface area contributed by atoms with Crippen molar-refractivity contribution < 1.29 is 9.90 Å². The van der Waals surface area contributed by atoms with Crippen LogP contribution in [0.2, 0.25) is 0 Å². The van der Waals surface area contributed by atoms with Crippen LogP contribution in [-0.2, 0) is 0 Å². The van der Waals surface area contributed by atoms with Gasteiger partial charge in [-0.2, -0.15) is 0 Å². The van der Waals surface area contributed by atoms with E-state index in [9.17, 15) is 4.79 Å². The van der Waals surface area contributed by atoms with Crippen LogP contribution in [0.3, 0.4) is 0 Å². The first-order valence-electron chi connectivity index (χ1n) is 5.04. The van der Waals surface area contributed by atoms with Gasteiger partial charge in [0.05, 0.1) is 12.1 Å². The van der Waals surface area contributed by atoms with Crippen LogP contribution in [0.5, 0.6) is 0 Å². The first-order chi connectivity index (χ1) is 6.40. The minimum Gasteiger partial charge on any atom is -0.394 e. The first-order valence-corrected chi connectivity index (χ1v) is 5.04. The molecule has 0 aromatic carbocycles. The number of nitrogens with zero attached hydrogens (tertiary/aromatic N) is 2. The molecule has 0 heterocycles. The molecule has 0 saturated carbocycles. The van der Waals surface area contributed by atoms with Crippen molar-refractivity contribution in [1.82, 2.24) is 9.80 Å². The number of hydrogen-bond acceptors (Lipinski definition) is 2. The maximum atomic E-state index is 11.9. The molecule has 4 heteroatoms. The fourth-order valence-electron chi connectivity index (χ4n) is 1.07. The molecule has 0 aromatic heterocycles. The van der Waals surface area contributed by atoms with Gasteiger partial charge in [0.15, 0.2) is 0 Å². The molecule has 0 bridgehead atoms. The lowest BCUT2D eigenvalue weighted by Crippen LogP contribution is -2.52. The van der Waals surface area contributed by atoms with Gasteiger partial charge in [0.25, 0.3) is 0 Å². The van der Waals surface area contributed by atoms with Gasteiger partial charge in [0.2, 0.25) is 0 Å². The Kier molecular flexibility index (Phi) is 4.91. The van der Waals surface area contributed by atoms with E-state index in [1.165, 1.54) is 0 Å². The SMILES string of the molecule is CCN(CC)C(=O)N(C)C(C)(C)CO. The Bertz CT molecular complexity index is 189. The van der Waals surface area contributed by atoms with E-state index in [-0.39, 0.29) is 12.6 Å². The molecule has 0 aliphatic carbocycles. The van der Waals surface area contributed by atoms with Crippen LogP contribution in [-0.4, -0.2) is 53.2 Å². The molecule has 84 valence electrons. The van der Waals surface area contributed by atoms with Gasteiger partial charge in [-0.05, 0) is 27.7 Å². The third kappa shape index (κ3) is 2.87. The Balaban J connectivity index is 4.52. The molecule has 0 saturated heterocycles. The van der Waals surface area contributed by atoms with Crippen LogP contribution in [0.4, 0.5) is 4.79 Å². The number of carbonyl (C=O) groups excluding carboxylic acids is 1. The monoisotopic (exact) mass is 202 g/mol. The third-order valence-electron chi connectivity index (χ3n) is 2.62. The van der Waals surface area contributed by atoms with Crippen molar-refractivity contribution in [3.8, 4) is 0 Å². The van der Waals surface area contributed by atoms with Crippen LogP contribution in [0.1, 0.15) is 27.7 Å². The van der Waals surface area contributed by atoms with E-state index in [1.54, 1.807) is 16.8 Å². The number of urea groups is 1. The lowest BCUT2D eigenvalue weighted by molar-refractivity contribution is 0.0793. The fraction of sp³-hybridized carbons (Fsp3) is 0.900. The number of amides is 2. The number of likely N-dealkylation sites (N-methyl/N-ethyl adjacent to an activating group) is 1. The summed E-state index contributed by atoms with van der Waals surface area (Å²) in [4.78, 5) is 15.2. The molecular formula is C10H22N2O2. The van der Waals surface area contributed by atoms with E-state index < -0.39 is 5.54 Å². The van der Waals surface area contributed by atoms with Gasteiger partial charge in [-0.25, -0.2) is 4.79 Å². The highest BCUT2D eigenvalue weighted by molar-refractivity contribution is 5.74. The summed E-state index contributed by atoms with van der Waals surface area (Å²) in [5.74, 6) is 0. The summed E-state index contributed by atoms with van der Waals surface area (Å²) in [5, 5.41) is 9.13. The molecule has 0 fully saturated rings. The van der Waals surface area contributed by atoms with Crippen molar-refractivity contribution in [3.05, 3.63) is 0 Å². The van der Waals surface area contributed by atoms with Gasteiger partial charge in [0.1, 0.15) is 0 Å². The van der Waals surface area contributed by atoms with Gasteiger partial charge in [-0.1, -0.05) is 0 Å². The second-order valence-corrected chi connectivity index (χ2v) is 3.98. The molecule has 2 amide bonds. The van der Waals surface area contributed by atoms with Gasteiger partial charge >= 0.3 is 6.03 Å². The lowest BCUT2D eigenvalue weighted by atomic mass is 10.1. The topological polar surface area (TPSA) is 43.8 Å². The molecule has 14 heavy (non-hydrogen) atoms. The smallest absolute Gasteiger partial charge is 0.320 e. The average Bonchev–Trinajstić information content (AvgIpc) is 2.18. The molecule has 1 N–H and O–H groups in total. The fourth-order valence-corrected chi connectivity index (χ4v) is 1.07.